The Morgan fingerprint density at radius 3 is 2.79 bits per heavy atom. The van der Waals surface area contributed by atoms with Crippen LogP contribution in [-0.2, 0) is 6.42 Å². The van der Waals surface area contributed by atoms with Crippen LogP contribution in [0.15, 0.2) is 42.1 Å². The molecule has 0 spiro atoms. The van der Waals surface area contributed by atoms with Crippen molar-refractivity contribution in [1.29, 1.82) is 0 Å². The van der Waals surface area contributed by atoms with E-state index in [0.29, 0.717) is 12.6 Å². The van der Waals surface area contributed by atoms with Gasteiger partial charge >= 0.3 is 0 Å². The van der Waals surface area contributed by atoms with Gasteiger partial charge in [-0.05, 0) is 18.1 Å². The van der Waals surface area contributed by atoms with Gasteiger partial charge in [-0.2, -0.15) is 4.91 Å². The van der Waals surface area contributed by atoms with E-state index in [1.54, 1.807) is 0 Å². The lowest BCUT2D eigenvalue weighted by atomic mass is 10.1. The number of para-hydroxylation sites is 1. The molecule has 0 bridgehead atoms. The van der Waals surface area contributed by atoms with E-state index in [9.17, 15) is 4.91 Å². The molecule has 0 aliphatic heterocycles. The zero-order valence-corrected chi connectivity index (χ0v) is 11.6. The van der Waals surface area contributed by atoms with Crippen molar-refractivity contribution in [2.75, 3.05) is 13.2 Å². The molecule has 0 aromatic heterocycles. The van der Waals surface area contributed by atoms with E-state index >= 15 is 0 Å². The summed E-state index contributed by atoms with van der Waals surface area (Å²) in [5.41, 5.74) is 1.07. The van der Waals surface area contributed by atoms with E-state index < -0.39 is 0 Å². The highest BCUT2D eigenvalue weighted by molar-refractivity contribution is 5.34. The molecule has 0 saturated heterocycles. The van der Waals surface area contributed by atoms with Gasteiger partial charge < -0.3 is 10.1 Å². The highest BCUT2D eigenvalue weighted by Crippen LogP contribution is 2.19. The van der Waals surface area contributed by atoms with Gasteiger partial charge in [-0.15, -0.1) is 6.58 Å². The van der Waals surface area contributed by atoms with Gasteiger partial charge in [-0.1, -0.05) is 43.3 Å². The van der Waals surface area contributed by atoms with Gasteiger partial charge in [-0.25, -0.2) is 0 Å². The number of nitroso groups, excluding NO2 is 1. The molecule has 0 heterocycles. The monoisotopic (exact) mass is 262 g/mol. The molecular weight excluding hydrogens is 240 g/mol. The van der Waals surface area contributed by atoms with Crippen LogP contribution in [0.4, 0.5) is 0 Å². The minimum Gasteiger partial charge on any atom is -0.491 e. The Labute approximate surface area is 114 Å². The van der Waals surface area contributed by atoms with Gasteiger partial charge in [0.2, 0.25) is 0 Å². The SMILES string of the molecule is C=CCc1ccccc1OCC(CNC(C)C)N=O. The first kappa shape index (κ1) is 15.4. The third-order valence-corrected chi connectivity index (χ3v) is 2.68. The van der Waals surface area contributed by atoms with Crippen molar-refractivity contribution >= 4 is 0 Å². The number of allylic oxidation sites excluding steroid dienone is 1. The average molecular weight is 262 g/mol. The number of ether oxygens (including phenoxy) is 1. The van der Waals surface area contributed by atoms with Crippen molar-refractivity contribution in [2.45, 2.75) is 32.4 Å². The molecule has 4 nitrogen and oxygen atoms in total. The van der Waals surface area contributed by atoms with Crippen molar-refractivity contribution in [3.63, 3.8) is 0 Å². The van der Waals surface area contributed by atoms with Crippen molar-refractivity contribution in [3.8, 4) is 5.75 Å². The topological polar surface area (TPSA) is 50.7 Å². The highest BCUT2D eigenvalue weighted by atomic mass is 16.5. The second-order valence-corrected chi connectivity index (χ2v) is 4.73. The lowest BCUT2D eigenvalue weighted by molar-refractivity contribution is 0.280. The van der Waals surface area contributed by atoms with Crippen LogP contribution in [0.1, 0.15) is 19.4 Å². The number of nitrogens with one attached hydrogen (secondary N) is 1. The molecule has 1 aromatic carbocycles. The molecule has 0 radical (unpaired) electrons. The van der Waals surface area contributed by atoms with Gasteiger partial charge in [0.15, 0.2) is 0 Å². The quantitative estimate of drug-likeness (QED) is 0.550. The van der Waals surface area contributed by atoms with E-state index in [1.165, 1.54) is 0 Å². The minimum absolute atomic E-state index is 0.289. The Morgan fingerprint density at radius 2 is 2.16 bits per heavy atom. The molecule has 1 aromatic rings. The number of nitrogens with zero attached hydrogens (tertiary/aromatic N) is 1. The van der Waals surface area contributed by atoms with Crippen LogP contribution in [0.3, 0.4) is 0 Å². The van der Waals surface area contributed by atoms with E-state index in [0.717, 1.165) is 17.7 Å². The van der Waals surface area contributed by atoms with Gasteiger partial charge in [0.25, 0.3) is 0 Å². The second kappa shape index (κ2) is 8.43. The molecule has 0 fully saturated rings. The fourth-order valence-electron chi connectivity index (χ4n) is 1.65. The summed E-state index contributed by atoms with van der Waals surface area (Å²) >= 11 is 0. The number of benzene rings is 1. The van der Waals surface area contributed by atoms with E-state index in [-0.39, 0.29) is 12.6 Å². The Morgan fingerprint density at radius 1 is 1.42 bits per heavy atom. The molecule has 0 amide bonds. The number of hydrogen-bond acceptors (Lipinski definition) is 4. The van der Waals surface area contributed by atoms with E-state index in [2.05, 4.69) is 17.1 Å². The summed E-state index contributed by atoms with van der Waals surface area (Å²) in [6.45, 7) is 8.60. The zero-order chi connectivity index (χ0) is 14.1. The summed E-state index contributed by atoms with van der Waals surface area (Å²) in [4.78, 5) is 10.8. The average Bonchev–Trinajstić information content (AvgIpc) is 2.40. The van der Waals surface area contributed by atoms with Gasteiger partial charge in [0.05, 0.1) is 0 Å². The predicted molar refractivity (Wildman–Crippen MR) is 78.6 cm³/mol. The molecular formula is C15H22N2O2. The van der Waals surface area contributed by atoms with Crippen LogP contribution < -0.4 is 10.1 Å². The lowest BCUT2D eigenvalue weighted by Gasteiger charge is -2.15. The van der Waals surface area contributed by atoms with Crippen LogP contribution >= 0.6 is 0 Å². The molecule has 1 N–H and O–H groups in total. The first-order valence-corrected chi connectivity index (χ1v) is 6.54. The van der Waals surface area contributed by atoms with Crippen LogP contribution in [-0.4, -0.2) is 25.2 Å². The maximum absolute atomic E-state index is 10.8. The van der Waals surface area contributed by atoms with E-state index in [4.69, 9.17) is 4.74 Å². The maximum Gasteiger partial charge on any atom is 0.138 e. The third-order valence-electron chi connectivity index (χ3n) is 2.68. The largest absolute Gasteiger partial charge is 0.491 e. The molecule has 4 heteroatoms. The molecule has 19 heavy (non-hydrogen) atoms. The molecule has 1 unspecified atom stereocenters. The molecule has 1 atom stereocenters. The number of rotatable bonds is 9. The Balaban J connectivity index is 2.54. The maximum atomic E-state index is 10.8. The Bertz CT molecular complexity index is 405. The minimum atomic E-state index is -0.376. The van der Waals surface area contributed by atoms with Crippen LogP contribution in [0.25, 0.3) is 0 Å². The first-order chi connectivity index (χ1) is 9.17. The van der Waals surface area contributed by atoms with Crippen molar-refractivity contribution in [2.24, 2.45) is 5.18 Å². The van der Waals surface area contributed by atoms with E-state index in [1.807, 2.05) is 44.2 Å². The lowest BCUT2D eigenvalue weighted by Crippen LogP contribution is -2.34. The van der Waals surface area contributed by atoms with Gasteiger partial charge in [0, 0.05) is 12.6 Å². The summed E-state index contributed by atoms with van der Waals surface area (Å²) < 4.78 is 5.69. The van der Waals surface area contributed by atoms with Crippen LogP contribution in [0, 0.1) is 4.91 Å². The summed E-state index contributed by atoms with van der Waals surface area (Å²) in [6.07, 6.45) is 2.58. The standard InChI is InChI=1S/C15H22N2O2/c1-4-7-13-8-5-6-9-15(13)19-11-14(17-18)10-16-12(2)3/h4-6,8-9,12,14,16H,1,7,10-11H2,2-3H3. The van der Waals surface area contributed by atoms with Crippen molar-refractivity contribution < 1.29 is 4.74 Å². The third kappa shape index (κ3) is 5.66. The zero-order valence-electron chi connectivity index (χ0n) is 11.6. The molecule has 0 saturated carbocycles. The van der Waals surface area contributed by atoms with Crippen LogP contribution in [0.5, 0.6) is 5.75 Å². The molecule has 1 rings (SSSR count). The fraction of sp³-hybridized carbons (Fsp3) is 0.467. The Hall–Kier alpha value is -1.68. The normalized spacial score (nSPS) is 12.2. The molecule has 0 aliphatic carbocycles. The summed E-state index contributed by atoms with van der Waals surface area (Å²) in [6, 6.07) is 7.72. The molecule has 0 aliphatic rings. The van der Waals surface area contributed by atoms with Crippen molar-refractivity contribution in [1.82, 2.24) is 5.32 Å². The molecule has 104 valence electrons. The van der Waals surface area contributed by atoms with Gasteiger partial charge in [0.1, 0.15) is 18.4 Å². The first-order valence-electron chi connectivity index (χ1n) is 6.54. The number of hydrogen-bond donors (Lipinski definition) is 1. The second-order valence-electron chi connectivity index (χ2n) is 4.73. The highest BCUT2D eigenvalue weighted by Gasteiger charge is 2.11. The Kier molecular flexibility index (Phi) is 6.82. The fourth-order valence-corrected chi connectivity index (χ4v) is 1.65. The summed E-state index contributed by atoms with van der Waals surface area (Å²) in [5.74, 6) is 0.792. The smallest absolute Gasteiger partial charge is 0.138 e. The summed E-state index contributed by atoms with van der Waals surface area (Å²) in [7, 11) is 0. The predicted octanol–water partition coefficient (Wildman–Crippen LogP) is 2.93. The van der Waals surface area contributed by atoms with Gasteiger partial charge in [-0.3, -0.25) is 0 Å². The van der Waals surface area contributed by atoms with Crippen LogP contribution in [0.2, 0.25) is 0 Å². The summed E-state index contributed by atoms with van der Waals surface area (Å²) in [5, 5.41) is 6.28. The van der Waals surface area contributed by atoms with Crippen molar-refractivity contribution in [3.05, 3.63) is 47.4 Å².